The van der Waals surface area contributed by atoms with Crippen LogP contribution in [0.25, 0.3) is 11.0 Å². The van der Waals surface area contributed by atoms with E-state index in [0.29, 0.717) is 12.5 Å². The molecule has 0 amide bonds. The first-order valence-corrected chi connectivity index (χ1v) is 5.69. The number of hydrogen-bond donors (Lipinski definition) is 2. The SMILES string of the molecule is CC(C)NC(N)=NCc1cc2ccccc2o1.I. The Labute approximate surface area is 124 Å². The summed E-state index contributed by atoms with van der Waals surface area (Å²) in [6.07, 6.45) is 0. The van der Waals surface area contributed by atoms with Crippen LogP contribution in [0.15, 0.2) is 39.7 Å². The van der Waals surface area contributed by atoms with Crippen LogP contribution in [0.3, 0.4) is 0 Å². The number of rotatable bonds is 3. The second-order valence-corrected chi connectivity index (χ2v) is 4.25. The highest BCUT2D eigenvalue weighted by atomic mass is 127. The Morgan fingerprint density at radius 2 is 2.11 bits per heavy atom. The predicted molar refractivity (Wildman–Crippen MR) is 85.2 cm³/mol. The molecular formula is C13H18IN3O. The topological polar surface area (TPSA) is 63.5 Å². The second-order valence-electron chi connectivity index (χ2n) is 4.25. The zero-order valence-electron chi connectivity index (χ0n) is 10.5. The van der Waals surface area contributed by atoms with E-state index in [0.717, 1.165) is 16.7 Å². The highest BCUT2D eigenvalue weighted by molar-refractivity contribution is 14.0. The molecule has 0 aliphatic heterocycles. The molecule has 0 spiro atoms. The number of hydrogen-bond acceptors (Lipinski definition) is 2. The van der Waals surface area contributed by atoms with Crippen LogP contribution < -0.4 is 11.1 Å². The molecule has 5 heteroatoms. The number of furan rings is 1. The molecule has 18 heavy (non-hydrogen) atoms. The van der Waals surface area contributed by atoms with Crippen molar-refractivity contribution < 1.29 is 4.42 Å². The fraction of sp³-hybridized carbons (Fsp3) is 0.308. The van der Waals surface area contributed by atoms with Crippen LogP contribution in [0.1, 0.15) is 19.6 Å². The summed E-state index contributed by atoms with van der Waals surface area (Å²) in [5.41, 5.74) is 6.60. The molecule has 2 aromatic rings. The number of fused-ring (bicyclic) bond motifs is 1. The molecule has 0 saturated heterocycles. The number of benzene rings is 1. The van der Waals surface area contributed by atoms with Crippen molar-refractivity contribution in [3.63, 3.8) is 0 Å². The molecular weight excluding hydrogens is 341 g/mol. The van der Waals surface area contributed by atoms with Crippen LogP contribution >= 0.6 is 24.0 Å². The van der Waals surface area contributed by atoms with E-state index < -0.39 is 0 Å². The molecule has 1 heterocycles. The average molecular weight is 359 g/mol. The molecule has 1 aromatic carbocycles. The fourth-order valence-corrected chi connectivity index (χ4v) is 1.62. The lowest BCUT2D eigenvalue weighted by molar-refractivity contribution is 0.552. The summed E-state index contributed by atoms with van der Waals surface area (Å²) in [4.78, 5) is 4.22. The Balaban J connectivity index is 0.00000162. The van der Waals surface area contributed by atoms with Crippen molar-refractivity contribution in [1.82, 2.24) is 5.32 Å². The predicted octanol–water partition coefficient (Wildman–Crippen LogP) is 2.86. The fourth-order valence-electron chi connectivity index (χ4n) is 1.62. The van der Waals surface area contributed by atoms with Crippen LogP contribution in [0.2, 0.25) is 0 Å². The van der Waals surface area contributed by atoms with Crippen molar-refractivity contribution in [2.24, 2.45) is 10.7 Å². The van der Waals surface area contributed by atoms with E-state index >= 15 is 0 Å². The third kappa shape index (κ3) is 3.90. The molecule has 98 valence electrons. The maximum Gasteiger partial charge on any atom is 0.189 e. The molecule has 0 aliphatic rings. The van der Waals surface area contributed by atoms with Gasteiger partial charge in [0.15, 0.2) is 5.96 Å². The van der Waals surface area contributed by atoms with Gasteiger partial charge >= 0.3 is 0 Å². The summed E-state index contributed by atoms with van der Waals surface area (Å²) in [6, 6.07) is 10.2. The number of guanidine groups is 1. The molecule has 1 aromatic heterocycles. The zero-order chi connectivity index (χ0) is 12.3. The standard InChI is InChI=1S/C13H17N3O.HI/c1-9(2)16-13(14)15-8-11-7-10-5-3-4-6-12(10)17-11;/h3-7,9H,8H2,1-2H3,(H3,14,15,16);1H. The number of nitrogens with zero attached hydrogens (tertiary/aromatic N) is 1. The first-order valence-electron chi connectivity index (χ1n) is 5.69. The van der Waals surface area contributed by atoms with Gasteiger partial charge in [0.2, 0.25) is 0 Å². The van der Waals surface area contributed by atoms with Gasteiger partial charge in [0.1, 0.15) is 17.9 Å². The van der Waals surface area contributed by atoms with E-state index in [-0.39, 0.29) is 30.0 Å². The van der Waals surface area contributed by atoms with E-state index in [1.54, 1.807) is 0 Å². The smallest absolute Gasteiger partial charge is 0.189 e. The average Bonchev–Trinajstić information content (AvgIpc) is 2.68. The summed E-state index contributed by atoms with van der Waals surface area (Å²) in [5.74, 6) is 1.26. The Kier molecular flexibility index (Phi) is 5.46. The maximum atomic E-state index is 5.71. The Morgan fingerprint density at radius 1 is 1.39 bits per heavy atom. The quantitative estimate of drug-likeness (QED) is 0.503. The number of nitrogens with two attached hydrogens (primary N) is 1. The van der Waals surface area contributed by atoms with Crippen molar-refractivity contribution in [3.05, 3.63) is 36.1 Å². The number of nitrogens with one attached hydrogen (secondary N) is 1. The van der Waals surface area contributed by atoms with Crippen molar-refractivity contribution >= 4 is 40.9 Å². The molecule has 3 N–H and O–H groups in total. The van der Waals surface area contributed by atoms with Crippen molar-refractivity contribution in [1.29, 1.82) is 0 Å². The lowest BCUT2D eigenvalue weighted by Gasteiger charge is -2.07. The molecule has 0 unspecified atom stereocenters. The lowest BCUT2D eigenvalue weighted by Crippen LogP contribution is -2.36. The second kappa shape index (κ2) is 6.63. The number of para-hydroxylation sites is 1. The minimum atomic E-state index is 0. The zero-order valence-corrected chi connectivity index (χ0v) is 12.8. The van der Waals surface area contributed by atoms with E-state index in [1.807, 2.05) is 44.2 Å². The summed E-state index contributed by atoms with van der Waals surface area (Å²) in [5, 5.41) is 4.12. The molecule has 0 fully saturated rings. The minimum Gasteiger partial charge on any atom is -0.459 e. The van der Waals surface area contributed by atoms with Gasteiger partial charge in [-0.1, -0.05) is 18.2 Å². The normalized spacial score (nSPS) is 11.6. The van der Waals surface area contributed by atoms with Crippen LogP contribution in [-0.2, 0) is 6.54 Å². The first kappa shape index (κ1) is 14.8. The van der Waals surface area contributed by atoms with Gasteiger partial charge in [-0.05, 0) is 26.0 Å². The van der Waals surface area contributed by atoms with Gasteiger partial charge in [0.25, 0.3) is 0 Å². The Morgan fingerprint density at radius 3 is 2.78 bits per heavy atom. The summed E-state index contributed by atoms with van der Waals surface area (Å²) in [6.45, 7) is 4.49. The van der Waals surface area contributed by atoms with Crippen molar-refractivity contribution in [2.45, 2.75) is 26.4 Å². The van der Waals surface area contributed by atoms with Gasteiger partial charge in [-0.3, -0.25) is 0 Å². The van der Waals surface area contributed by atoms with E-state index in [4.69, 9.17) is 10.2 Å². The largest absolute Gasteiger partial charge is 0.459 e. The number of halogens is 1. The van der Waals surface area contributed by atoms with Gasteiger partial charge in [-0.15, -0.1) is 24.0 Å². The Bertz CT molecular complexity index is 501. The molecule has 2 rings (SSSR count). The molecule has 0 bridgehead atoms. The summed E-state index contributed by atoms with van der Waals surface area (Å²) < 4.78 is 5.63. The van der Waals surface area contributed by atoms with Crippen LogP contribution in [0.4, 0.5) is 0 Å². The van der Waals surface area contributed by atoms with Gasteiger partial charge < -0.3 is 15.5 Å². The first-order chi connectivity index (χ1) is 8.15. The maximum absolute atomic E-state index is 5.71. The third-order valence-electron chi connectivity index (χ3n) is 2.32. The van der Waals surface area contributed by atoms with Gasteiger partial charge in [0, 0.05) is 11.4 Å². The van der Waals surface area contributed by atoms with E-state index in [9.17, 15) is 0 Å². The van der Waals surface area contributed by atoms with Crippen LogP contribution in [0.5, 0.6) is 0 Å². The summed E-state index contributed by atoms with van der Waals surface area (Å²) >= 11 is 0. The highest BCUT2D eigenvalue weighted by Gasteiger charge is 2.02. The van der Waals surface area contributed by atoms with E-state index in [2.05, 4.69) is 10.3 Å². The highest BCUT2D eigenvalue weighted by Crippen LogP contribution is 2.19. The molecule has 4 nitrogen and oxygen atoms in total. The molecule has 0 aliphatic carbocycles. The lowest BCUT2D eigenvalue weighted by atomic mass is 10.2. The third-order valence-corrected chi connectivity index (χ3v) is 2.32. The van der Waals surface area contributed by atoms with Crippen molar-refractivity contribution in [3.8, 4) is 0 Å². The Hall–Kier alpha value is -1.24. The summed E-state index contributed by atoms with van der Waals surface area (Å²) in [7, 11) is 0. The monoisotopic (exact) mass is 359 g/mol. The molecule has 0 atom stereocenters. The molecule has 0 saturated carbocycles. The van der Waals surface area contributed by atoms with Gasteiger partial charge in [-0.2, -0.15) is 0 Å². The van der Waals surface area contributed by atoms with Gasteiger partial charge in [0.05, 0.1) is 0 Å². The molecule has 0 radical (unpaired) electrons. The van der Waals surface area contributed by atoms with Crippen LogP contribution in [0, 0.1) is 0 Å². The van der Waals surface area contributed by atoms with Crippen LogP contribution in [-0.4, -0.2) is 12.0 Å². The van der Waals surface area contributed by atoms with Crippen molar-refractivity contribution in [2.75, 3.05) is 0 Å². The number of aliphatic imine (C=N–C) groups is 1. The minimum absolute atomic E-state index is 0. The van der Waals surface area contributed by atoms with Gasteiger partial charge in [-0.25, -0.2) is 4.99 Å². The van der Waals surface area contributed by atoms with E-state index in [1.165, 1.54) is 0 Å².